The standard InChI is InChI=1S/C17H18F2N2O3S2/c1-21(2)26(23,24)16-6-4-3-5-12(16)10-20-17(22)11-25-13-7-8-14(18)15(19)9-13/h3-9H,10-11H2,1-2H3,(H,20,22). The van der Waals surface area contributed by atoms with E-state index in [-0.39, 0.29) is 23.1 Å². The second kappa shape index (κ2) is 8.61. The van der Waals surface area contributed by atoms with Crippen LogP contribution in [0.5, 0.6) is 0 Å². The monoisotopic (exact) mass is 400 g/mol. The molecule has 0 aliphatic heterocycles. The molecule has 0 aromatic heterocycles. The number of nitrogens with one attached hydrogen (secondary N) is 1. The molecule has 2 rings (SSSR count). The fraction of sp³-hybridized carbons (Fsp3) is 0.235. The molecule has 0 aliphatic rings. The van der Waals surface area contributed by atoms with Gasteiger partial charge in [-0.25, -0.2) is 21.5 Å². The van der Waals surface area contributed by atoms with Gasteiger partial charge in [-0.2, -0.15) is 0 Å². The Kier molecular flexibility index (Phi) is 6.74. The zero-order valence-electron chi connectivity index (χ0n) is 14.2. The predicted molar refractivity (Wildman–Crippen MR) is 96.2 cm³/mol. The maximum absolute atomic E-state index is 13.1. The number of carbonyl (C=O) groups is 1. The fourth-order valence-electron chi connectivity index (χ4n) is 2.06. The molecule has 0 unspecified atom stereocenters. The maximum Gasteiger partial charge on any atom is 0.242 e. The van der Waals surface area contributed by atoms with Gasteiger partial charge in [0, 0.05) is 25.5 Å². The molecule has 0 fully saturated rings. The average molecular weight is 400 g/mol. The highest BCUT2D eigenvalue weighted by Gasteiger charge is 2.20. The minimum atomic E-state index is -3.62. The first-order valence-corrected chi connectivity index (χ1v) is 9.99. The molecule has 0 aliphatic carbocycles. The van der Waals surface area contributed by atoms with Gasteiger partial charge >= 0.3 is 0 Å². The van der Waals surface area contributed by atoms with Gasteiger partial charge < -0.3 is 5.32 Å². The normalized spacial score (nSPS) is 11.6. The molecule has 9 heteroatoms. The van der Waals surface area contributed by atoms with Crippen LogP contribution in [-0.4, -0.2) is 38.5 Å². The van der Waals surface area contributed by atoms with Crippen molar-refractivity contribution in [2.45, 2.75) is 16.3 Å². The Morgan fingerprint density at radius 2 is 1.81 bits per heavy atom. The van der Waals surface area contributed by atoms with Crippen LogP contribution < -0.4 is 5.32 Å². The third-order valence-electron chi connectivity index (χ3n) is 3.47. The van der Waals surface area contributed by atoms with Gasteiger partial charge in [0.25, 0.3) is 0 Å². The summed E-state index contributed by atoms with van der Waals surface area (Å²) >= 11 is 1.06. The summed E-state index contributed by atoms with van der Waals surface area (Å²) in [7, 11) is -0.753. The van der Waals surface area contributed by atoms with Crippen LogP contribution in [0.1, 0.15) is 5.56 Å². The summed E-state index contributed by atoms with van der Waals surface area (Å²) in [6.07, 6.45) is 0. The van der Waals surface area contributed by atoms with E-state index in [0.29, 0.717) is 10.5 Å². The van der Waals surface area contributed by atoms with Crippen LogP contribution in [0.3, 0.4) is 0 Å². The zero-order valence-corrected chi connectivity index (χ0v) is 15.8. The number of benzene rings is 2. The molecule has 26 heavy (non-hydrogen) atoms. The quantitative estimate of drug-likeness (QED) is 0.726. The molecule has 0 bridgehead atoms. The lowest BCUT2D eigenvalue weighted by Crippen LogP contribution is -2.27. The Labute approximate surface area is 155 Å². The molecular weight excluding hydrogens is 382 g/mol. The van der Waals surface area contributed by atoms with Crippen molar-refractivity contribution < 1.29 is 22.0 Å². The molecule has 0 radical (unpaired) electrons. The molecular formula is C17H18F2N2O3S2. The largest absolute Gasteiger partial charge is 0.351 e. The average Bonchev–Trinajstić information content (AvgIpc) is 2.61. The van der Waals surface area contributed by atoms with Gasteiger partial charge in [0.1, 0.15) is 0 Å². The fourth-order valence-corrected chi connectivity index (χ4v) is 3.92. The summed E-state index contributed by atoms with van der Waals surface area (Å²) in [5, 5.41) is 2.64. The topological polar surface area (TPSA) is 66.5 Å². The Morgan fingerprint density at radius 1 is 1.12 bits per heavy atom. The lowest BCUT2D eigenvalue weighted by Gasteiger charge is -2.15. The van der Waals surface area contributed by atoms with Crippen LogP contribution >= 0.6 is 11.8 Å². The van der Waals surface area contributed by atoms with Gasteiger partial charge in [-0.1, -0.05) is 18.2 Å². The van der Waals surface area contributed by atoms with E-state index in [0.717, 1.165) is 28.2 Å². The minimum Gasteiger partial charge on any atom is -0.351 e. The number of amides is 1. The number of rotatable bonds is 7. The Bertz CT molecular complexity index is 903. The van der Waals surface area contributed by atoms with E-state index in [1.54, 1.807) is 18.2 Å². The van der Waals surface area contributed by atoms with Crippen molar-refractivity contribution in [3.63, 3.8) is 0 Å². The van der Waals surface area contributed by atoms with Gasteiger partial charge in [-0.05, 0) is 29.8 Å². The summed E-state index contributed by atoms with van der Waals surface area (Å²) in [6.45, 7) is 0.0421. The Hall–Kier alpha value is -1.97. The van der Waals surface area contributed by atoms with Crippen molar-refractivity contribution in [1.29, 1.82) is 0 Å². The van der Waals surface area contributed by atoms with E-state index >= 15 is 0 Å². The highest BCUT2D eigenvalue weighted by Crippen LogP contribution is 2.21. The summed E-state index contributed by atoms with van der Waals surface area (Å²) in [4.78, 5) is 12.5. The molecule has 2 aromatic carbocycles. The van der Waals surface area contributed by atoms with E-state index in [1.807, 2.05) is 0 Å². The van der Waals surface area contributed by atoms with Crippen molar-refractivity contribution in [3.05, 3.63) is 59.7 Å². The SMILES string of the molecule is CN(C)S(=O)(=O)c1ccccc1CNC(=O)CSc1ccc(F)c(F)c1. The van der Waals surface area contributed by atoms with Gasteiger partial charge in [-0.15, -0.1) is 11.8 Å². The molecule has 0 heterocycles. The zero-order chi connectivity index (χ0) is 19.3. The number of hydrogen-bond donors (Lipinski definition) is 1. The molecule has 2 aromatic rings. The van der Waals surface area contributed by atoms with E-state index in [4.69, 9.17) is 0 Å². The lowest BCUT2D eigenvalue weighted by molar-refractivity contribution is -0.118. The molecule has 140 valence electrons. The molecule has 0 saturated carbocycles. The third-order valence-corrected chi connectivity index (χ3v) is 6.38. The minimum absolute atomic E-state index is 0.00628. The molecule has 1 amide bonds. The summed E-state index contributed by atoms with van der Waals surface area (Å²) < 4.78 is 51.8. The second-order valence-corrected chi connectivity index (χ2v) is 8.71. The molecule has 1 N–H and O–H groups in total. The van der Waals surface area contributed by atoms with Gasteiger partial charge in [0.05, 0.1) is 10.6 Å². The van der Waals surface area contributed by atoms with E-state index < -0.39 is 21.7 Å². The van der Waals surface area contributed by atoms with Crippen molar-refractivity contribution >= 4 is 27.7 Å². The second-order valence-electron chi connectivity index (χ2n) is 5.54. The van der Waals surface area contributed by atoms with Crippen LogP contribution in [-0.2, 0) is 21.4 Å². The number of sulfonamides is 1. The number of thioether (sulfide) groups is 1. The van der Waals surface area contributed by atoms with Crippen LogP contribution in [0.25, 0.3) is 0 Å². The molecule has 0 saturated heterocycles. The third kappa shape index (κ3) is 5.03. The van der Waals surface area contributed by atoms with Crippen molar-refractivity contribution in [1.82, 2.24) is 9.62 Å². The van der Waals surface area contributed by atoms with Crippen LogP contribution in [0.2, 0.25) is 0 Å². The summed E-state index contributed by atoms with van der Waals surface area (Å²) in [5.74, 6) is -2.28. The molecule has 0 atom stereocenters. The van der Waals surface area contributed by atoms with Crippen LogP contribution in [0, 0.1) is 11.6 Å². The Balaban J connectivity index is 1.99. The molecule has 0 spiro atoms. The first-order chi connectivity index (χ1) is 12.2. The Morgan fingerprint density at radius 3 is 2.46 bits per heavy atom. The van der Waals surface area contributed by atoms with Crippen LogP contribution in [0.4, 0.5) is 8.78 Å². The van der Waals surface area contributed by atoms with Crippen molar-refractivity contribution in [2.75, 3.05) is 19.8 Å². The van der Waals surface area contributed by atoms with Gasteiger partial charge in [0.2, 0.25) is 15.9 Å². The van der Waals surface area contributed by atoms with E-state index in [1.165, 1.54) is 26.2 Å². The summed E-state index contributed by atoms with van der Waals surface area (Å²) in [5.41, 5.74) is 0.465. The number of carbonyl (C=O) groups excluding carboxylic acids is 1. The molecule has 5 nitrogen and oxygen atoms in total. The summed E-state index contributed by atoms with van der Waals surface area (Å²) in [6, 6.07) is 9.80. The van der Waals surface area contributed by atoms with Crippen LogP contribution in [0.15, 0.2) is 52.3 Å². The first-order valence-electron chi connectivity index (χ1n) is 7.57. The first kappa shape index (κ1) is 20.3. The van der Waals surface area contributed by atoms with Gasteiger partial charge in [0.15, 0.2) is 11.6 Å². The van der Waals surface area contributed by atoms with Crippen molar-refractivity contribution in [2.24, 2.45) is 0 Å². The maximum atomic E-state index is 13.1. The predicted octanol–water partition coefficient (Wildman–Crippen LogP) is 2.62. The lowest BCUT2D eigenvalue weighted by atomic mass is 10.2. The van der Waals surface area contributed by atoms with Crippen molar-refractivity contribution in [3.8, 4) is 0 Å². The van der Waals surface area contributed by atoms with E-state index in [9.17, 15) is 22.0 Å². The smallest absolute Gasteiger partial charge is 0.242 e. The van der Waals surface area contributed by atoms with Gasteiger partial charge in [-0.3, -0.25) is 4.79 Å². The number of hydrogen-bond acceptors (Lipinski definition) is 4. The highest BCUT2D eigenvalue weighted by molar-refractivity contribution is 8.00. The van der Waals surface area contributed by atoms with E-state index in [2.05, 4.69) is 5.32 Å². The number of halogens is 2. The highest BCUT2D eigenvalue weighted by atomic mass is 32.2. The number of nitrogens with zero attached hydrogens (tertiary/aromatic N) is 1.